The summed E-state index contributed by atoms with van der Waals surface area (Å²) in [6.07, 6.45) is 3.47. The summed E-state index contributed by atoms with van der Waals surface area (Å²) in [4.78, 5) is 11.0. The Hall–Kier alpha value is -1.35. The lowest BCUT2D eigenvalue weighted by molar-refractivity contribution is -0.132. The van der Waals surface area contributed by atoms with Crippen LogP contribution < -0.4 is 0 Å². The van der Waals surface area contributed by atoms with Crippen LogP contribution in [0.15, 0.2) is 46.6 Å². The van der Waals surface area contributed by atoms with Gasteiger partial charge in [-0.1, -0.05) is 30.3 Å². The highest BCUT2D eigenvalue weighted by Gasteiger charge is 2.17. The van der Waals surface area contributed by atoms with E-state index in [0.29, 0.717) is 10.2 Å². The molecule has 2 rings (SSSR count). The quantitative estimate of drug-likeness (QED) is 0.717. The number of halogens is 1. The fraction of sp³-hybridized carbons (Fsp3) is 0. The van der Waals surface area contributed by atoms with Crippen molar-refractivity contribution in [3.8, 4) is 0 Å². The van der Waals surface area contributed by atoms with Gasteiger partial charge in [0.1, 0.15) is 10.2 Å². The van der Waals surface area contributed by atoms with E-state index in [9.17, 15) is 4.79 Å². The van der Waals surface area contributed by atoms with Crippen LogP contribution in [0.25, 0.3) is 6.08 Å². The Bertz CT molecular complexity index is 418. The van der Waals surface area contributed by atoms with Crippen molar-refractivity contribution < 1.29 is 9.53 Å². The minimum absolute atomic E-state index is 0.341. The first-order valence-electron chi connectivity index (χ1n) is 4.12. The first-order chi connectivity index (χ1) is 6.75. The Morgan fingerprint density at radius 1 is 1.21 bits per heavy atom. The van der Waals surface area contributed by atoms with Gasteiger partial charge in [0.25, 0.3) is 0 Å². The monoisotopic (exact) mass is 250 g/mol. The van der Waals surface area contributed by atoms with Gasteiger partial charge in [-0.15, -0.1) is 0 Å². The van der Waals surface area contributed by atoms with Gasteiger partial charge in [-0.25, -0.2) is 4.79 Å². The Morgan fingerprint density at radius 2 is 1.93 bits per heavy atom. The van der Waals surface area contributed by atoms with Crippen LogP contribution >= 0.6 is 15.9 Å². The highest BCUT2D eigenvalue weighted by molar-refractivity contribution is 9.12. The van der Waals surface area contributed by atoms with E-state index in [2.05, 4.69) is 15.9 Å². The molecule has 0 saturated carbocycles. The van der Waals surface area contributed by atoms with E-state index in [1.54, 1.807) is 6.08 Å². The predicted molar refractivity (Wildman–Crippen MR) is 57.5 cm³/mol. The van der Waals surface area contributed by atoms with E-state index in [-0.39, 0.29) is 5.97 Å². The number of benzene rings is 1. The van der Waals surface area contributed by atoms with Gasteiger partial charge >= 0.3 is 5.97 Å². The SMILES string of the molecule is O=C1O/C(=C\c2ccccc2)C=C1Br. The molecule has 0 bridgehead atoms. The summed E-state index contributed by atoms with van der Waals surface area (Å²) in [6, 6.07) is 9.69. The van der Waals surface area contributed by atoms with Gasteiger partial charge in [0.15, 0.2) is 0 Å². The van der Waals surface area contributed by atoms with E-state index >= 15 is 0 Å². The standard InChI is InChI=1S/C11H7BrO2/c12-10-7-9(14-11(10)13)6-8-4-2-1-3-5-8/h1-7H/b9-6-. The van der Waals surface area contributed by atoms with Crippen LogP contribution in [-0.4, -0.2) is 5.97 Å². The lowest BCUT2D eigenvalue weighted by atomic mass is 10.2. The molecule has 0 atom stereocenters. The number of carbonyl (C=O) groups excluding carboxylic acids is 1. The second kappa shape index (κ2) is 3.80. The number of cyclic esters (lactones) is 1. The van der Waals surface area contributed by atoms with Crippen LogP contribution in [-0.2, 0) is 9.53 Å². The van der Waals surface area contributed by atoms with Gasteiger partial charge in [-0.3, -0.25) is 0 Å². The van der Waals surface area contributed by atoms with Crippen LogP contribution in [0.2, 0.25) is 0 Å². The molecule has 0 fully saturated rings. The molecule has 0 aromatic heterocycles. The van der Waals surface area contributed by atoms with E-state index in [1.807, 2.05) is 36.4 Å². The van der Waals surface area contributed by atoms with Gasteiger partial charge < -0.3 is 4.74 Å². The predicted octanol–water partition coefficient (Wildman–Crippen LogP) is 2.86. The molecule has 0 spiro atoms. The summed E-state index contributed by atoms with van der Waals surface area (Å²) in [5.41, 5.74) is 1.01. The topological polar surface area (TPSA) is 26.3 Å². The van der Waals surface area contributed by atoms with Crippen molar-refractivity contribution in [1.82, 2.24) is 0 Å². The number of hydrogen-bond donors (Lipinski definition) is 0. The number of allylic oxidation sites excluding steroid dienone is 1. The number of rotatable bonds is 1. The number of ether oxygens (including phenoxy) is 1. The highest BCUT2D eigenvalue weighted by Crippen LogP contribution is 2.23. The molecule has 14 heavy (non-hydrogen) atoms. The smallest absolute Gasteiger partial charge is 0.350 e. The van der Waals surface area contributed by atoms with Crippen molar-refractivity contribution in [1.29, 1.82) is 0 Å². The molecular weight excluding hydrogens is 244 g/mol. The molecule has 1 heterocycles. The molecule has 3 heteroatoms. The van der Waals surface area contributed by atoms with Crippen molar-refractivity contribution in [2.45, 2.75) is 0 Å². The van der Waals surface area contributed by atoms with E-state index in [0.717, 1.165) is 5.56 Å². The summed E-state index contributed by atoms with van der Waals surface area (Å²) in [6.45, 7) is 0. The third-order valence-corrected chi connectivity index (χ3v) is 2.34. The lowest BCUT2D eigenvalue weighted by Crippen LogP contribution is -1.93. The van der Waals surface area contributed by atoms with E-state index in [4.69, 9.17) is 4.74 Å². The largest absolute Gasteiger partial charge is 0.422 e. The third-order valence-electron chi connectivity index (χ3n) is 1.78. The summed E-state index contributed by atoms with van der Waals surface area (Å²) in [7, 11) is 0. The number of carbonyl (C=O) groups is 1. The zero-order valence-electron chi connectivity index (χ0n) is 7.24. The lowest BCUT2D eigenvalue weighted by Gasteiger charge is -1.95. The Morgan fingerprint density at radius 3 is 2.50 bits per heavy atom. The van der Waals surface area contributed by atoms with E-state index < -0.39 is 0 Å². The molecule has 1 aromatic rings. The maximum absolute atomic E-state index is 11.0. The summed E-state index contributed by atoms with van der Waals surface area (Å²) >= 11 is 3.10. The molecule has 2 nitrogen and oxygen atoms in total. The molecule has 0 saturated heterocycles. The second-order valence-electron chi connectivity index (χ2n) is 2.84. The van der Waals surface area contributed by atoms with Crippen molar-refractivity contribution in [3.05, 3.63) is 52.2 Å². The van der Waals surface area contributed by atoms with Gasteiger partial charge in [0.2, 0.25) is 0 Å². The minimum Gasteiger partial charge on any atom is -0.422 e. The normalized spacial score (nSPS) is 18.2. The van der Waals surface area contributed by atoms with Crippen molar-refractivity contribution in [2.24, 2.45) is 0 Å². The van der Waals surface area contributed by atoms with Crippen molar-refractivity contribution in [3.63, 3.8) is 0 Å². The molecule has 70 valence electrons. The molecular formula is C11H7BrO2. The maximum atomic E-state index is 11.0. The number of esters is 1. The molecule has 0 amide bonds. The van der Waals surface area contributed by atoms with Crippen molar-refractivity contribution in [2.75, 3.05) is 0 Å². The van der Waals surface area contributed by atoms with Gasteiger partial charge in [-0.2, -0.15) is 0 Å². The molecule has 0 N–H and O–H groups in total. The molecule has 0 unspecified atom stereocenters. The fourth-order valence-electron chi connectivity index (χ4n) is 1.15. The molecule has 0 aliphatic carbocycles. The average molecular weight is 251 g/mol. The van der Waals surface area contributed by atoms with Gasteiger partial charge in [0.05, 0.1) is 0 Å². The highest BCUT2D eigenvalue weighted by atomic mass is 79.9. The molecule has 1 aromatic carbocycles. The average Bonchev–Trinajstić information content (AvgIpc) is 2.47. The van der Waals surface area contributed by atoms with Crippen LogP contribution in [0.5, 0.6) is 0 Å². The van der Waals surface area contributed by atoms with Crippen LogP contribution in [0.4, 0.5) is 0 Å². The third kappa shape index (κ3) is 1.93. The van der Waals surface area contributed by atoms with Crippen LogP contribution in [0.1, 0.15) is 5.56 Å². The first-order valence-corrected chi connectivity index (χ1v) is 4.91. The summed E-state index contributed by atoms with van der Waals surface area (Å²) < 4.78 is 5.42. The zero-order valence-corrected chi connectivity index (χ0v) is 8.82. The second-order valence-corrected chi connectivity index (χ2v) is 3.69. The zero-order chi connectivity index (χ0) is 9.97. The maximum Gasteiger partial charge on any atom is 0.350 e. The Labute approximate surface area is 90.0 Å². The molecule has 0 radical (unpaired) electrons. The Balaban J connectivity index is 2.26. The van der Waals surface area contributed by atoms with E-state index in [1.165, 1.54) is 0 Å². The summed E-state index contributed by atoms with van der Waals surface area (Å²) in [5, 5.41) is 0. The number of hydrogen-bond acceptors (Lipinski definition) is 2. The minimum atomic E-state index is -0.341. The van der Waals surface area contributed by atoms with Gasteiger partial charge in [-0.05, 0) is 27.6 Å². The van der Waals surface area contributed by atoms with Crippen molar-refractivity contribution >= 4 is 28.0 Å². The molecule has 1 aliphatic heterocycles. The molecule has 1 aliphatic rings. The van der Waals surface area contributed by atoms with Gasteiger partial charge in [0, 0.05) is 6.08 Å². The van der Waals surface area contributed by atoms with Crippen LogP contribution in [0.3, 0.4) is 0 Å². The fourth-order valence-corrected chi connectivity index (χ4v) is 1.46. The Kier molecular flexibility index (Phi) is 2.50. The first kappa shape index (κ1) is 9.21. The van der Waals surface area contributed by atoms with Crippen LogP contribution in [0, 0.1) is 0 Å². The summed E-state index contributed by atoms with van der Waals surface area (Å²) in [5.74, 6) is 0.222.